The molecule has 3 atom stereocenters. The highest BCUT2D eigenvalue weighted by Gasteiger charge is 2.47. The number of hydrogen-bond donors (Lipinski definition) is 1. The van der Waals surface area contributed by atoms with Gasteiger partial charge in [-0.05, 0) is 42.7 Å². The number of carbonyl (C=O) groups is 1. The van der Waals surface area contributed by atoms with Crippen molar-refractivity contribution in [1.82, 2.24) is 9.55 Å². The molecule has 0 fully saturated rings. The fourth-order valence-corrected chi connectivity index (χ4v) is 4.91. The summed E-state index contributed by atoms with van der Waals surface area (Å²) in [6.45, 7) is 2.06. The zero-order valence-corrected chi connectivity index (χ0v) is 14.3. The summed E-state index contributed by atoms with van der Waals surface area (Å²) in [6.07, 6.45) is 5.22. The highest BCUT2D eigenvalue weighted by molar-refractivity contribution is 5.94. The minimum Gasteiger partial charge on any atom is -0.469 e. The van der Waals surface area contributed by atoms with E-state index in [4.69, 9.17) is 4.74 Å². The van der Waals surface area contributed by atoms with Gasteiger partial charge in [0.2, 0.25) is 0 Å². The maximum absolute atomic E-state index is 12.8. The summed E-state index contributed by atoms with van der Waals surface area (Å²) in [4.78, 5) is 16.4. The lowest BCUT2D eigenvalue weighted by Gasteiger charge is -2.42. The third kappa shape index (κ3) is 1.79. The van der Waals surface area contributed by atoms with Crippen LogP contribution in [0.1, 0.15) is 42.3 Å². The molecule has 2 aromatic heterocycles. The Balaban J connectivity index is 1.86. The van der Waals surface area contributed by atoms with Gasteiger partial charge in [-0.2, -0.15) is 0 Å². The van der Waals surface area contributed by atoms with Gasteiger partial charge in [-0.25, -0.2) is 0 Å². The second-order valence-corrected chi connectivity index (χ2v) is 6.90. The summed E-state index contributed by atoms with van der Waals surface area (Å²) >= 11 is 0. The number of H-pyrrole nitrogens is 1. The third-order valence-electron chi connectivity index (χ3n) is 5.88. The van der Waals surface area contributed by atoms with E-state index in [9.17, 15) is 4.79 Å². The number of fused-ring (bicyclic) bond motifs is 8. The molecular formula is C21H20N2O2. The van der Waals surface area contributed by atoms with Crippen molar-refractivity contribution in [3.8, 4) is 0 Å². The van der Waals surface area contributed by atoms with E-state index in [1.165, 1.54) is 18.4 Å². The molecule has 25 heavy (non-hydrogen) atoms. The van der Waals surface area contributed by atoms with Crippen LogP contribution >= 0.6 is 0 Å². The van der Waals surface area contributed by atoms with Gasteiger partial charge in [0.1, 0.15) is 0 Å². The summed E-state index contributed by atoms with van der Waals surface area (Å²) in [5.41, 5.74) is 5.81. The molecule has 4 heteroatoms. The van der Waals surface area contributed by atoms with Gasteiger partial charge in [-0.3, -0.25) is 4.79 Å². The normalized spacial score (nSPS) is 25.7. The largest absolute Gasteiger partial charge is 0.469 e. The second kappa shape index (κ2) is 5.12. The maximum atomic E-state index is 12.8. The molecule has 1 aliphatic carbocycles. The van der Waals surface area contributed by atoms with E-state index in [0.717, 1.165) is 28.6 Å². The molecule has 2 bridgehead atoms. The van der Waals surface area contributed by atoms with Crippen molar-refractivity contribution in [2.75, 3.05) is 7.11 Å². The fourth-order valence-electron chi connectivity index (χ4n) is 4.91. The second-order valence-electron chi connectivity index (χ2n) is 6.90. The van der Waals surface area contributed by atoms with Gasteiger partial charge in [0, 0.05) is 34.4 Å². The summed E-state index contributed by atoms with van der Waals surface area (Å²) in [5.74, 6) is -0.257. The number of nitrogens with zero attached hydrogens (tertiary/aromatic N) is 1. The molecule has 0 radical (unpaired) electrons. The van der Waals surface area contributed by atoms with E-state index in [0.29, 0.717) is 0 Å². The number of methoxy groups -OCH3 is 1. The van der Waals surface area contributed by atoms with Crippen molar-refractivity contribution in [2.45, 2.75) is 25.3 Å². The Labute approximate surface area is 146 Å². The van der Waals surface area contributed by atoms with Gasteiger partial charge in [0.05, 0.1) is 19.1 Å². The summed E-state index contributed by atoms with van der Waals surface area (Å²) in [5, 5.41) is 1.13. The zero-order valence-electron chi connectivity index (χ0n) is 14.3. The smallest absolute Gasteiger partial charge is 0.313 e. The molecule has 2 aliphatic rings. The molecule has 1 aliphatic heterocycles. The molecule has 3 aromatic rings. The van der Waals surface area contributed by atoms with Crippen molar-refractivity contribution in [3.05, 3.63) is 65.6 Å². The van der Waals surface area contributed by atoms with Gasteiger partial charge in [0.25, 0.3) is 0 Å². The average molecular weight is 332 g/mol. The number of hydrogen-bond acceptors (Lipinski definition) is 2. The van der Waals surface area contributed by atoms with Gasteiger partial charge in [-0.15, -0.1) is 0 Å². The van der Waals surface area contributed by atoms with Crippen molar-refractivity contribution in [1.29, 1.82) is 0 Å². The molecular weight excluding hydrogens is 312 g/mol. The number of nitrogens with one attached hydrogen (secondary N) is 1. The van der Waals surface area contributed by atoms with Crippen LogP contribution in [0.25, 0.3) is 16.5 Å². The Morgan fingerprint density at radius 1 is 1.28 bits per heavy atom. The van der Waals surface area contributed by atoms with Crippen LogP contribution in [0.2, 0.25) is 0 Å². The number of aromatic amines is 1. The molecule has 0 spiro atoms. The van der Waals surface area contributed by atoms with E-state index in [2.05, 4.69) is 53.0 Å². The molecule has 126 valence electrons. The Kier molecular flexibility index (Phi) is 2.99. The Morgan fingerprint density at radius 2 is 2.12 bits per heavy atom. The molecule has 0 unspecified atom stereocenters. The first kappa shape index (κ1) is 14.6. The molecule has 1 N–H and O–H groups in total. The molecule has 0 amide bonds. The standard InChI is InChI=1S/C21H20N2O2/c1-3-12-14-11-17(23-10-6-9-16(12)23)20-18(19(14)21(24)25-2)13-7-4-5-8-15(13)22-20/h3-10,14,17,19,22H,11H2,1-2H3/t14-,17-,19+/m0/s1. The Bertz CT molecular complexity index is 1020. The van der Waals surface area contributed by atoms with E-state index in [1.807, 2.05) is 12.1 Å². The number of carbonyl (C=O) groups excluding carboxylic acids is 1. The van der Waals surface area contributed by atoms with Gasteiger partial charge in [-0.1, -0.05) is 24.3 Å². The lowest BCUT2D eigenvalue weighted by atomic mass is 9.68. The summed E-state index contributed by atoms with van der Waals surface area (Å²) < 4.78 is 7.57. The molecule has 5 rings (SSSR count). The number of para-hydroxylation sites is 1. The van der Waals surface area contributed by atoms with E-state index < -0.39 is 0 Å². The predicted octanol–water partition coefficient (Wildman–Crippen LogP) is 4.25. The first-order chi connectivity index (χ1) is 12.2. The molecule has 1 aromatic carbocycles. The minimum absolute atomic E-state index is 0.145. The predicted molar refractivity (Wildman–Crippen MR) is 97.4 cm³/mol. The fraction of sp³-hybridized carbons (Fsp3) is 0.286. The first-order valence-corrected chi connectivity index (χ1v) is 8.76. The van der Waals surface area contributed by atoms with Crippen LogP contribution in [0.4, 0.5) is 0 Å². The number of esters is 1. The Hall–Kier alpha value is -2.75. The number of allylic oxidation sites excluding steroid dienone is 2. The SMILES string of the molecule is CC=C1c2cccn2[C@H]2C[C@@H]1[C@@H](C(=O)OC)c1c2[nH]c2ccccc12. The van der Waals surface area contributed by atoms with Crippen LogP contribution < -0.4 is 0 Å². The van der Waals surface area contributed by atoms with Crippen LogP contribution in [0.15, 0.2) is 48.7 Å². The monoisotopic (exact) mass is 332 g/mol. The first-order valence-electron chi connectivity index (χ1n) is 8.76. The highest BCUT2D eigenvalue weighted by atomic mass is 16.5. The van der Waals surface area contributed by atoms with Gasteiger partial charge < -0.3 is 14.3 Å². The van der Waals surface area contributed by atoms with Gasteiger partial charge >= 0.3 is 5.97 Å². The molecule has 4 nitrogen and oxygen atoms in total. The Morgan fingerprint density at radius 3 is 2.92 bits per heavy atom. The van der Waals surface area contributed by atoms with Crippen molar-refractivity contribution < 1.29 is 9.53 Å². The average Bonchev–Trinajstić information content (AvgIpc) is 3.27. The molecule has 0 saturated heterocycles. The maximum Gasteiger partial charge on any atom is 0.313 e. The topological polar surface area (TPSA) is 47.0 Å². The van der Waals surface area contributed by atoms with Crippen LogP contribution in [0.5, 0.6) is 0 Å². The summed E-state index contributed by atoms with van der Waals surface area (Å²) in [6, 6.07) is 12.7. The van der Waals surface area contributed by atoms with E-state index in [1.54, 1.807) is 0 Å². The van der Waals surface area contributed by atoms with Crippen LogP contribution in [-0.2, 0) is 9.53 Å². The van der Waals surface area contributed by atoms with Gasteiger partial charge in [0.15, 0.2) is 0 Å². The number of aromatic nitrogens is 2. The van der Waals surface area contributed by atoms with Crippen LogP contribution in [0.3, 0.4) is 0 Å². The quantitative estimate of drug-likeness (QED) is 0.677. The summed E-state index contributed by atoms with van der Waals surface area (Å²) in [7, 11) is 1.49. The zero-order chi connectivity index (χ0) is 17.1. The third-order valence-corrected chi connectivity index (χ3v) is 5.88. The number of ether oxygens (including phenoxy) is 1. The minimum atomic E-state index is -0.262. The number of benzene rings is 1. The lowest BCUT2D eigenvalue weighted by molar-refractivity contribution is -0.143. The molecule has 3 heterocycles. The highest BCUT2D eigenvalue weighted by Crippen LogP contribution is 2.54. The van der Waals surface area contributed by atoms with E-state index >= 15 is 0 Å². The van der Waals surface area contributed by atoms with Crippen LogP contribution in [0, 0.1) is 5.92 Å². The van der Waals surface area contributed by atoms with E-state index in [-0.39, 0.29) is 23.8 Å². The molecule has 0 saturated carbocycles. The number of rotatable bonds is 1. The van der Waals surface area contributed by atoms with Crippen LogP contribution in [-0.4, -0.2) is 22.6 Å². The van der Waals surface area contributed by atoms with Crippen molar-refractivity contribution in [2.24, 2.45) is 5.92 Å². The lowest BCUT2D eigenvalue weighted by Crippen LogP contribution is -2.36. The van der Waals surface area contributed by atoms with Crippen molar-refractivity contribution >= 4 is 22.4 Å². The van der Waals surface area contributed by atoms with Crippen molar-refractivity contribution in [3.63, 3.8) is 0 Å².